The minimum absolute atomic E-state index is 0.0281. The van der Waals surface area contributed by atoms with Gasteiger partial charge in [0, 0.05) is 13.1 Å². The topological polar surface area (TPSA) is 90.2 Å². The minimum Gasteiger partial charge on any atom is -0.430 e. The molecule has 2 aromatic rings. The number of nitro groups is 1. The highest BCUT2D eigenvalue weighted by atomic mass is 35.5. The zero-order valence-electron chi connectivity index (χ0n) is 11.5. The van der Waals surface area contributed by atoms with Crippen molar-refractivity contribution in [2.24, 2.45) is 0 Å². The van der Waals surface area contributed by atoms with E-state index in [1.165, 1.54) is 24.5 Å². The lowest BCUT2D eigenvalue weighted by atomic mass is 10.2. The molecule has 0 saturated carbocycles. The van der Waals surface area contributed by atoms with E-state index in [9.17, 15) is 10.1 Å². The summed E-state index contributed by atoms with van der Waals surface area (Å²) in [5.74, 6) is 0.824. The van der Waals surface area contributed by atoms with E-state index in [1.807, 2.05) is 6.92 Å². The summed E-state index contributed by atoms with van der Waals surface area (Å²) in [6.45, 7) is 1.91. The van der Waals surface area contributed by atoms with Gasteiger partial charge >= 0.3 is 5.69 Å². The standard InChI is InChI=1S/C13H13ClN4O3/c1-3-8-12(15-2)16-7-17-13(8)21-11-9(14)5-4-6-10(11)18(19)20/h4-7H,3H2,1-2H3,(H,15,16,17). The molecule has 21 heavy (non-hydrogen) atoms. The fourth-order valence-corrected chi connectivity index (χ4v) is 2.07. The largest absolute Gasteiger partial charge is 0.430 e. The minimum atomic E-state index is -0.549. The van der Waals surface area contributed by atoms with Crippen molar-refractivity contribution in [2.75, 3.05) is 12.4 Å². The SMILES string of the molecule is CCc1c(NC)ncnc1Oc1c(Cl)cccc1[N+](=O)[O-]. The highest BCUT2D eigenvalue weighted by molar-refractivity contribution is 6.32. The summed E-state index contributed by atoms with van der Waals surface area (Å²) in [5, 5.41) is 14.1. The number of hydrogen-bond donors (Lipinski definition) is 1. The molecule has 0 atom stereocenters. The Labute approximate surface area is 126 Å². The molecule has 2 rings (SSSR count). The Hall–Kier alpha value is -2.41. The van der Waals surface area contributed by atoms with Gasteiger partial charge in [-0.05, 0) is 12.5 Å². The first-order valence-electron chi connectivity index (χ1n) is 6.20. The van der Waals surface area contributed by atoms with Gasteiger partial charge in [-0.2, -0.15) is 0 Å². The molecule has 1 aromatic heterocycles. The van der Waals surface area contributed by atoms with Crippen molar-refractivity contribution in [1.29, 1.82) is 0 Å². The van der Waals surface area contributed by atoms with Crippen LogP contribution in [0.4, 0.5) is 11.5 Å². The smallest absolute Gasteiger partial charge is 0.313 e. The van der Waals surface area contributed by atoms with Crippen molar-refractivity contribution in [3.8, 4) is 11.6 Å². The van der Waals surface area contributed by atoms with Crippen LogP contribution in [0.25, 0.3) is 0 Å². The first-order valence-corrected chi connectivity index (χ1v) is 6.58. The molecule has 0 bridgehead atoms. The van der Waals surface area contributed by atoms with Crippen molar-refractivity contribution >= 4 is 23.1 Å². The van der Waals surface area contributed by atoms with E-state index in [-0.39, 0.29) is 22.3 Å². The number of anilines is 1. The second-order valence-electron chi connectivity index (χ2n) is 4.06. The first-order chi connectivity index (χ1) is 10.1. The van der Waals surface area contributed by atoms with Crippen LogP contribution in [0.5, 0.6) is 11.6 Å². The highest BCUT2D eigenvalue weighted by Gasteiger charge is 2.21. The van der Waals surface area contributed by atoms with Crippen molar-refractivity contribution in [2.45, 2.75) is 13.3 Å². The number of rotatable bonds is 5. The molecule has 0 radical (unpaired) electrons. The van der Waals surface area contributed by atoms with E-state index in [0.29, 0.717) is 17.8 Å². The third-order valence-corrected chi connectivity index (χ3v) is 3.14. The van der Waals surface area contributed by atoms with Gasteiger partial charge in [-0.25, -0.2) is 9.97 Å². The molecular weight excluding hydrogens is 296 g/mol. The Bertz CT molecular complexity index is 678. The van der Waals surface area contributed by atoms with E-state index < -0.39 is 4.92 Å². The van der Waals surface area contributed by atoms with Crippen LogP contribution in [0.3, 0.4) is 0 Å². The van der Waals surface area contributed by atoms with Gasteiger partial charge in [0.1, 0.15) is 12.1 Å². The molecule has 0 aliphatic carbocycles. The number of aromatic nitrogens is 2. The number of nitro benzene ring substituents is 1. The predicted octanol–water partition coefficient (Wildman–Crippen LogP) is 3.43. The van der Waals surface area contributed by atoms with Crippen LogP contribution in [0.15, 0.2) is 24.5 Å². The number of para-hydroxylation sites is 1. The molecule has 1 heterocycles. The lowest BCUT2D eigenvalue weighted by Gasteiger charge is -2.12. The van der Waals surface area contributed by atoms with Gasteiger partial charge in [-0.3, -0.25) is 10.1 Å². The fraction of sp³-hybridized carbons (Fsp3) is 0.231. The maximum absolute atomic E-state index is 11.1. The van der Waals surface area contributed by atoms with E-state index in [2.05, 4.69) is 15.3 Å². The Kier molecular flexibility index (Phi) is 4.54. The molecule has 1 N–H and O–H groups in total. The van der Waals surface area contributed by atoms with Gasteiger partial charge in [0.15, 0.2) is 0 Å². The van der Waals surface area contributed by atoms with E-state index in [1.54, 1.807) is 7.05 Å². The molecule has 0 aliphatic rings. The van der Waals surface area contributed by atoms with Crippen molar-refractivity contribution < 1.29 is 9.66 Å². The monoisotopic (exact) mass is 308 g/mol. The fourth-order valence-electron chi connectivity index (χ4n) is 1.86. The Morgan fingerprint density at radius 1 is 1.43 bits per heavy atom. The van der Waals surface area contributed by atoms with Gasteiger partial charge < -0.3 is 10.1 Å². The molecule has 0 amide bonds. The normalized spacial score (nSPS) is 10.2. The molecule has 0 fully saturated rings. The van der Waals surface area contributed by atoms with E-state index in [0.717, 1.165) is 0 Å². The van der Waals surface area contributed by atoms with Gasteiger partial charge in [0.25, 0.3) is 0 Å². The van der Waals surface area contributed by atoms with Crippen molar-refractivity contribution in [3.63, 3.8) is 0 Å². The lowest BCUT2D eigenvalue weighted by molar-refractivity contribution is -0.385. The second kappa shape index (κ2) is 6.36. The van der Waals surface area contributed by atoms with Crippen molar-refractivity contribution in [3.05, 3.63) is 45.2 Å². The Morgan fingerprint density at radius 2 is 2.19 bits per heavy atom. The maximum atomic E-state index is 11.1. The summed E-state index contributed by atoms with van der Waals surface area (Å²) in [4.78, 5) is 18.6. The van der Waals surface area contributed by atoms with E-state index in [4.69, 9.17) is 16.3 Å². The highest BCUT2D eigenvalue weighted by Crippen LogP contribution is 2.38. The average Bonchev–Trinajstić information content (AvgIpc) is 2.48. The summed E-state index contributed by atoms with van der Waals surface area (Å²) < 4.78 is 5.60. The summed E-state index contributed by atoms with van der Waals surface area (Å²) >= 11 is 6.00. The molecule has 7 nitrogen and oxygen atoms in total. The zero-order chi connectivity index (χ0) is 15.4. The average molecular weight is 309 g/mol. The van der Waals surface area contributed by atoms with Crippen molar-refractivity contribution in [1.82, 2.24) is 9.97 Å². The Balaban J connectivity index is 2.51. The number of ether oxygens (including phenoxy) is 1. The number of halogens is 1. The molecule has 0 saturated heterocycles. The van der Waals surface area contributed by atoms with Gasteiger partial charge in [0.2, 0.25) is 11.6 Å². The van der Waals surface area contributed by atoms with Crippen LogP contribution in [0, 0.1) is 10.1 Å². The molecule has 8 heteroatoms. The maximum Gasteiger partial charge on any atom is 0.313 e. The number of nitrogens with zero attached hydrogens (tertiary/aromatic N) is 3. The molecule has 110 valence electrons. The van der Waals surface area contributed by atoms with Crippen LogP contribution in [0.1, 0.15) is 12.5 Å². The predicted molar refractivity (Wildman–Crippen MR) is 79.1 cm³/mol. The quantitative estimate of drug-likeness (QED) is 0.672. The molecule has 0 spiro atoms. The van der Waals surface area contributed by atoms with Gasteiger partial charge in [0.05, 0.1) is 15.5 Å². The molecule has 1 aromatic carbocycles. The summed E-state index contributed by atoms with van der Waals surface area (Å²) in [6.07, 6.45) is 1.92. The van der Waals surface area contributed by atoms with Gasteiger partial charge in [-0.15, -0.1) is 0 Å². The van der Waals surface area contributed by atoms with Crippen LogP contribution in [0.2, 0.25) is 5.02 Å². The van der Waals surface area contributed by atoms with Gasteiger partial charge in [-0.1, -0.05) is 24.6 Å². The van der Waals surface area contributed by atoms with Crippen LogP contribution in [-0.4, -0.2) is 21.9 Å². The summed E-state index contributed by atoms with van der Waals surface area (Å²) in [7, 11) is 1.73. The van der Waals surface area contributed by atoms with Crippen LogP contribution in [-0.2, 0) is 6.42 Å². The third-order valence-electron chi connectivity index (χ3n) is 2.84. The summed E-state index contributed by atoms with van der Waals surface area (Å²) in [5.41, 5.74) is 0.503. The van der Waals surface area contributed by atoms with E-state index >= 15 is 0 Å². The lowest BCUT2D eigenvalue weighted by Crippen LogP contribution is -2.03. The number of hydrogen-bond acceptors (Lipinski definition) is 6. The van der Waals surface area contributed by atoms with Crippen LogP contribution < -0.4 is 10.1 Å². The number of nitrogens with one attached hydrogen (secondary N) is 1. The van der Waals surface area contributed by atoms with Crippen LogP contribution >= 0.6 is 11.6 Å². The number of benzene rings is 1. The molecule has 0 unspecified atom stereocenters. The zero-order valence-corrected chi connectivity index (χ0v) is 12.2. The second-order valence-corrected chi connectivity index (χ2v) is 4.46. The summed E-state index contributed by atoms with van der Waals surface area (Å²) in [6, 6.07) is 4.34. The molecular formula is C13H13ClN4O3. The Morgan fingerprint density at radius 3 is 2.81 bits per heavy atom. The first kappa shape index (κ1) is 15.0. The third kappa shape index (κ3) is 3.03. The molecule has 0 aliphatic heterocycles.